The van der Waals surface area contributed by atoms with Gasteiger partial charge in [-0.25, -0.2) is 0 Å². The van der Waals surface area contributed by atoms with Crippen molar-refractivity contribution in [2.24, 2.45) is 0 Å². The van der Waals surface area contributed by atoms with Crippen LogP contribution in [-0.4, -0.2) is 10.1 Å². The molecule has 0 atom stereocenters. The van der Waals surface area contributed by atoms with Crippen LogP contribution in [0.4, 0.5) is 0 Å². The average molecular weight is 190 g/mol. The Morgan fingerprint density at radius 2 is 2.21 bits per heavy atom. The third-order valence-electron chi connectivity index (χ3n) is 2.10. The Morgan fingerprint density at radius 3 is 2.79 bits per heavy atom. The molecule has 0 aliphatic carbocycles. The first-order valence-electron chi connectivity index (χ1n) is 4.30. The predicted octanol–water partition coefficient (Wildman–Crippen LogP) is 1.65. The van der Waals surface area contributed by atoms with Crippen LogP contribution >= 0.6 is 0 Å². The minimum atomic E-state index is -0.123. The topological polar surface area (TPSA) is 58.9 Å². The molecule has 1 N–H and O–H groups in total. The van der Waals surface area contributed by atoms with Crippen LogP contribution in [0.3, 0.4) is 0 Å². The summed E-state index contributed by atoms with van der Waals surface area (Å²) in [6, 6.07) is 3.36. The molecule has 0 aliphatic heterocycles. The van der Waals surface area contributed by atoms with Gasteiger partial charge in [-0.05, 0) is 25.5 Å². The molecule has 0 fully saturated rings. The second-order valence-electron chi connectivity index (χ2n) is 3.14. The van der Waals surface area contributed by atoms with Gasteiger partial charge in [0.15, 0.2) is 0 Å². The molecule has 2 heterocycles. The largest absolute Gasteiger partial charge is 0.361 e. The molecule has 2 aromatic rings. The first kappa shape index (κ1) is 8.74. The Bertz CT molecular complexity index is 491. The quantitative estimate of drug-likeness (QED) is 0.743. The highest BCUT2D eigenvalue weighted by atomic mass is 16.5. The van der Waals surface area contributed by atoms with Crippen LogP contribution in [0.15, 0.2) is 27.6 Å². The second-order valence-corrected chi connectivity index (χ2v) is 3.14. The molecule has 4 heteroatoms. The van der Waals surface area contributed by atoms with Gasteiger partial charge < -0.3 is 9.51 Å². The van der Waals surface area contributed by atoms with E-state index in [1.54, 1.807) is 6.20 Å². The number of pyridine rings is 1. The van der Waals surface area contributed by atoms with Gasteiger partial charge in [0.1, 0.15) is 5.76 Å². The van der Waals surface area contributed by atoms with Crippen LogP contribution in [0.1, 0.15) is 11.5 Å². The van der Waals surface area contributed by atoms with E-state index in [0.717, 1.165) is 22.6 Å². The third kappa shape index (κ3) is 1.35. The number of hydrogen-bond acceptors (Lipinski definition) is 3. The number of hydrogen-bond donors (Lipinski definition) is 1. The van der Waals surface area contributed by atoms with E-state index in [0.29, 0.717) is 0 Å². The van der Waals surface area contributed by atoms with Gasteiger partial charge in [-0.3, -0.25) is 4.79 Å². The summed E-state index contributed by atoms with van der Waals surface area (Å²) in [6.45, 7) is 3.68. The minimum absolute atomic E-state index is 0.123. The highest BCUT2D eigenvalue weighted by Gasteiger charge is 2.10. The molecule has 0 aromatic carbocycles. The SMILES string of the molecule is Cc1noc(C)c1-c1cc[nH]c(=O)c1. The number of nitrogens with one attached hydrogen (secondary N) is 1. The Labute approximate surface area is 80.6 Å². The fraction of sp³-hybridized carbons (Fsp3) is 0.200. The Kier molecular flexibility index (Phi) is 1.96. The minimum Gasteiger partial charge on any atom is -0.361 e. The van der Waals surface area contributed by atoms with Crippen molar-refractivity contribution < 1.29 is 4.52 Å². The van der Waals surface area contributed by atoms with Crippen molar-refractivity contribution in [3.8, 4) is 11.1 Å². The van der Waals surface area contributed by atoms with Gasteiger partial charge in [-0.2, -0.15) is 0 Å². The van der Waals surface area contributed by atoms with Crippen LogP contribution in [0, 0.1) is 13.8 Å². The molecule has 0 amide bonds. The summed E-state index contributed by atoms with van der Waals surface area (Å²) < 4.78 is 5.03. The van der Waals surface area contributed by atoms with E-state index in [-0.39, 0.29) is 5.56 Å². The lowest BCUT2D eigenvalue weighted by Crippen LogP contribution is -2.02. The van der Waals surface area contributed by atoms with Gasteiger partial charge in [-0.1, -0.05) is 5.16 Å². The normalized spacial score (nSPS) is 10.4. The van der Waals surface area contributed by atoms with Crippen LogP contribution in [0.5, 0.6) is 0 Å². The Balaban J connectivity index is 2.65. The Morgan fingerprint density at radius 1 is 1.43 bits per heavy atom. The van der Waals surface area contributed by atoms with Crippen molar-refractivity contribution in [1.82, 2.24) is 10.1 Å². The number of aryl methyl sites for hydroxylation is 2. The monoisotopic (exact) mass is 190 g/mol. The fourth-order valence-electron chi connectivity index (χ4n) is 1.50. The van der Waals surface area contributed by atoms with Crippen molar-refractivity contribution >= 4 is 0 Å². The van der Waals surface area contributed by atoms with Gasteiger partial charge in [0.05, 0.1) is 5.69 Å². The molecule has 4 nitrogen and oxygen atoms in total. The molecule has 0 saturated heterocycles. The van der Waals surface area contributed by atoms with Crippen LogP contribution < -0.4 is 5.56 Å². The lowest BCUT2D eigenvalue weighted by atomic mass is 10.1. The Hall–Kier alpha value is -1.84. The lowest BCUT2D eigenvalue weighted by molar-refractivity contribution is 0.393. The maximum Gasteiger partial charge on any atom is 0.248 e. The maximum atomic E-state index is 11.1. The summed E-state index contributed by atoms with van der Waals surface area (Å²) in [5.41, 5.74) is 2.41. The lowest BCUT2D eigenvalue weighted by Gasteiger charge is -1.97. The molecule has 14 heavy (non-hydrogen) atoms. The molecule has 0 spiro atoms. The van der Waals surface area contributed by atoms with Crippen LogP contribution in [0.25, 0.3) is 11.1 Å². The molecule has 0 bridgehead atoms. The predicted molar refractivity (Wildman–Crippen MR) is 52.0 cm³/mol. The fourth-order valence-corrected chi connectivity index (χ4v) is 1.50. The molecule has 72 valence electrons. The molecule has 0 radical (unpaired) electrons. The number of aromatic nitrogens is 2. The molecule has 0 saturated carbocycles. The van der Waals surface area contributed by atoms with E-state index in [1.807, 2.05) is 19.9 Å². The zero-order valence-electron chi connectivity index (χ0n) is 8.00. The molecule has 0 aliphatic rings. The highest BCUT2D eigenvalue weighted by molar-refractivity contribution is 5.66. The van der Waals surface area contributed by atoms with Gasteiger partial charge in [0.25, 0.3) is 0 Å². The first-order chi connectivity index (χ1) is 6.68. The smallest absolute Gasteiger partial charge is 0.248 e. The molecular formula is C10H10N2O2. The van der Waals surface area contributed by atoms with Crippen LogP contribution in [-0.2, 0) is 0 Å². The van der Waals surface area contributed by atoms with Crippen molar-refractivity contribution in [2.75, 3.05) is 0 Å². The third-order valence-corrected chi connectivity index (χ3v) is 2.10. The van der Waals surface area contributed by atoms with Gasteiger partial charge in [0, 0.05) is 17.8 Å². The van der Waals surface area contributed by atoms with Crippen molar-refractivity contribution in [3.05, 3.63) is 40.1 Å². The van der Waals surface area contributed by atoms with E-state index in [2.05, 4.69) is 10.1 Å². The van der Waals surface area contributed by atoms with Gasteiger partial charge in [0.2, 0.25) is 5.56 Å². The van der Waals surface area contributed by atoms with Crippen LogP contribution in [0.2, 0.25) is 0 Å². The summed E-state index contributed by atoms with van der Waals surface area (Å²) in [6.07, 6.45) is 1.61. The van der Waals surface area contributed by atoms with Gasteiger partial charge in [-0.15, -0.1) is 0 Å². The summed E-state index contributed by atoms with van der Waals surface area (Å²) in [5.74, 6) is 0.730. The summed E-state index contributed by atoms with van der Waals surface area (Å²) in [7, 11) is 0. The van der Waals surface area contributed by atoms with E-state index in [4.69, 9.17) is 4.52 Å². The molecule has 2 aromatic heterocycles. The molecule has 2 rings (SSSR count). The second kappa shape index (κ2) is 3.14. The zero-order valence-corrected chi connectivity index (χ0v) is 8.00. The average Bonchev–Trinajstić information content (AvgIpc) is 2.46. The number of nitrogens with zero attached hydrogens (tertiary/aromatic N) is 1. The first-order valence-corrected chi connectivity index (χ1v) is 4.30. The van der Waals surface area contributed by atoms with Crippen molar-refractivity contribution in [3.63, 3.8) is 0 Å². The number of rotatable bonds is 1. The highest BCUT2D eigenvalue weighted by Crippen LogP contribution is 2.24. The zero-order chi connectivity index (χ0) is 10.1. The summed E-state index contributed by atoms with van der Waals surface area (Å²) in [4.78, 5) is 13.7. The van der Waals surface area contributed by atoms with E-state index in [9.17, 15) is 4.79 Å². The van der Waals surface area contributed by atoms with E-state index < -0.39 is 0 Å². The van der Waals surface area contributed by atoms with Gasteiger partial charge >= 0.3 is 0 Å². The van der Waals surface area contributed by atoms with E-state index in [1.165, 1.54) is 6.07 Å². The summed E-state index contributed by atoms with van der Waals surface area (Å²) in [5, 5.41) is 3.83. The maximum absolute atomic E-state index is 11.1. The molecular weight excluding hydrogens is 180 g/mol. The standard InChI is InChI=1S/C10H10N2O2/c1-6-10(7(2)14-12-6)8-3-4-11-9(13)5-8/h3-5H,1-2H3,(H,11,13). The van der Waals surface area contributed by atoms with Crippen molar-refractivity contribution in [1.29, 1.82) is 0 Å². The summed E-state index contributed by atoms with van der Waals surface area (Å²) >= 11 is 0. The van der Waals surface area contributed by atoms with Crippen molar-refractivity contribution in [2.45, 2.75) is 13.8 Å². The molecule has 0 unspecified atom stereocenters. The number of aromatic amines is 1. The number of H-pyrrole nitrogens is 1. The van der Waals surface area contributed by atoms with E-state index >= 15 is 0 Å².